The highest BCUT2D eigenvalue weighted by Crippen LogP contribution is 2.71. The van der Waals surface area contributed by atoms with Gasteiger partial charge in [-0.15, -0.1) is 23.5 Å². The molecule has 1 aliphatic carbocycles. The fourth-order valence-electron chi connectivity index (χ4n) is 4.96. The molecule has 0 aromatic rings. The summed E-state index contributed by atoms with van der Waals surface area (Å²) >= 11 is 3.80. The van der Waals surface area contributed by atoms with E-state index in [-0.39, 0.29) is 33.1 Å². The topological polar surface area (TPSA) is 46.2 Å². The molecule has 23 heavy (non-hydrogen) atoms. The van der Waals surface area contributed by atoms with Gasteiger partial charge in [-0.2, -0.15) is 0 Å². The first-order valence-corrected chi connectivity index (χ1v) is 9.59. The predicted molar refractivity (Wildman–Crippen MR) is 95.9 cm³/mol. The maximum Gasteiger partial charge on any atom is 0.255 e. The predicted octanol–water partition coefficient (Wildman–Crippen LogP) is 3.78. The van der Waals surface area contributed by atoms with Gasteiger partial charge in [-0.3, -0.25) is 14.9 Å². The maximum atomic E-state index is 12.6. The van der Waals surface area contributed by atoms with Crippen LogP contribution in [-0.4, -0.2) is 21.3 Å². The van der Waals surface area contributed by atoms with Crippen molar-refractivity contribution in [1.82, 2.24) is 5.32 Å². The first-order chi connectivity index (χ1) is 10.6. The van der Waals surface area contributed by atoms with Crippen LogP contribution in [0.3, 0.4) is 0 Å². The highest BCUT2D eigenvalue weighted by molar-refractivity contribution is 8.08. The third-order valence-electron chi connectivity index (χ3n) is 6.38. The van der Waals surface area contributed by atoms with Crippen molar-refractivity contribution >= 4 is 35.3 Å². The van der Waals surface area contributed by atoms with Crippen molar-refractivity contribution in [3.63, 3.8) is 0 Å². The van der Waals surface area contributed by atoms with Crippen molar-refractivity contribution in [2.24, 2.45) is 11.8 Å². The summed E-state index contributed by atoms with van der Waals surface area (Å²) in [4.78, 5) is 27.8. The van der Waals surface area contributed by atoms with E-state index in [1.807, 2.05) is 23.5 Å². The van der Waals surface area contributed by atoms with Crippen LogP contribution in [0.1, 0.15) is 41.5 Å². The van der Waals surface area contributed by atoms with Gasteiger partial charge in [0.15, 0.2) is 0 Å². The van der Waals surface area contributed by atoms with Crippen molar-refractivity contribution < 1.29 is 9.59 Å². The standard InChI is InChI=1S/C18H21NO2S2/c1-7-9(3)22-17(5)13(7)11-12(16(21)19-15(11)20)14-8(2)10(4)23-18(14,17)6/h13-14H,1-6H3,(H,19,20,21)/t13?,14?,17-,18-/m1/s1. The summed E-state index contributed by atoms with van der Waals surface area (Å²) in [6.45, 7) is 13.1. The summed E-state index contributed by atoms with van der Waals surface area (Å²) in [6, 6.07) is 0. The Bertz CT molecular complexity index is 727. The monoisotopic (exact) mass is 347 g/mol. The number of allylic oxidation sites excluding steroid dienone is 4. The normalized spacial score (nSPS) is 42.3. The van der Waals surface area contributed by atoms with Gasteiger partial charge in [-0.1, -0.05) is 11.1 Å². The number of nitrogens with one attached hydrogen (secondary N) is 1. The SMILES string of the molecule is CC1=C(C)C2C3=C(C(=O)NC3=O)C3C(C)=C(C)S[C@@]3(C)[C@]2(C)S1. The Balaban J connectivity index is 2.07. The van der Waals surface area contributed by atoms with E-state index in [0.29, 0.717) is 0 Å². The van der Waals surface area contributed by atoms with E-state index in [9.17, 15) is 9.59 Å². The van der Waals surface area contributed by atoms with Gasteiger partial charge in [-0.05, 0) is 51.4 Å². The quantitative estimate of drug-likeness (QED) is 0.677. The molecule has 3 aliphatic heterocycles. The molecule has 2 amide bonds. The Labute approximate surface area is 145 Å². The van der Waals surface area contributed by atoms with E-state index in [2.05, 4.69) is 46.9 Å². The van der Waals surface area contributed by atoms with Crippen molar-refractivity contribution in [3.05, 3.63) is 32.1 Å². The van der Waals surface area contributed by atoms with Gasteiger partial charge in [0, 0.05) is 32.5 Å². The average Bonchev–Trinajstić information content (AvgIpc) is 2.95. The second-order valence-corrected chi connectivity index (χ2v) is 10.7. The van der Waals surface area contributed by atoms with E-state index in [1.165, 1.54) is 21.0 Å². The summed E-state index contributed by atoms with van der Waals surface area (Å²) in [5.41, 5.74) is 3.96. The van der Waals surface area contributed by atoms with Crippen LogP contribution in [0.4, 0.5) is 0 Å². The average molecular weight is 348 g/mol. The number of carbonyl (C=O) groups is 2. The van der Waals surface area contributed by atoms with Gasteiger partial charge in [0.25, 0.3) is 11.8 Å². The minimum Gasteiger partial charge on any atom is -0.289 e. The summed E-state index contributed by atoms with van der Waals surface area (Å²) in [7, 11) is 0. The largest absolute Gasteiger partial charge is 0.289 e. The molecular weight excluding hydrogens is 326 g/mol. The number of amides is 2. The van der Waals surface area contributed by atoms with Gasteiger partial charge < -0.3 is 0 Å². The van der Waals surface area contributed by atoms with Crippen LogP contribution in [0.2, 0.25) is 0 Å². The molecule has 0 saturated heterocycles. The molecule has 1 N–H and O–H groups in total. The zero-order valence-electron chi connectivity index (χ0n) is 14.3. The Morgan fingerprint density at radius 1 is 0.783 bits per heavy atom. The molecule has 3 nitrogen and oxygen atoms in total. The number of hydrogen-bond acceptors (Lipinski definition) is 4. The Kier molecular flexibility index (Phi) is 2.96. The first-order valence-electron chi connectivity index (χ1n) is 7.96. The highest BCUT2D eigenvalue weighted by Gasteiger charge is 2.68. The fourth-order valence-corrected chi connectivity index (χ4v) is 8.51. The van der Waals surface area contributed by atoms with Crippen LogP contribution < -0.4 is 5.32 Å². The van der Waals surface area contributed by atoms with Gasteiger partial charge in [0.2, 0.25) is 0 Å². The van der Waals surface area contributed by atoms with Crippen LogP contribution in [0.25, 0.3) is 0 Å². The van der Waals surface area contributed by atoms with Gasteiger partial charge in [0.05, 0.1) is 0 Å². The molecule has 3 heterocycles. The molecule has 5 heteroatoms. The van der Waals surface area contributed by atoms with E-state index < -0.39 is 0 Å². The van der Waals surface area contributed by atoms with Crippen molar-refractivity contribution in [3.8, 4) is 0 Å². The lowest BCUT2D eigenvalue weighted by molar-refractivity contribution is -0.124. The third-order valence-corrected chi connectivity index (χ3v) is 9.93. The lowest BCUT2D eigenvalue weighted by Gasteiger charge is -2.52. The van der Waals surface area contributed by atoms with Crippen LogP contribution >= 0.6 is 23.5 Å². The van der Waals surface area contributed by atoms with E-state index in [0.717, 1.165) is 11.1 Å². The minimum absolute atomic E-state index is 0.0291. The van der Waals surface area contributed by atoms with Crippen molar-refractivity contribution in [2.45, 2.75) is 51.0 Å². The van der Waals surface area contributed by atoms with Crippen LogP contribution in [0.15, 0.2) is 32.1 Å². The number of thioether (sulfide) groups is 2. The zero-order chi connectivity index (χ0) is 16.9. The van der Waals surface area contributed by atoms with Crippen molar-refractivity contribution in [1.29, 1.82) is 0 Å². The third kappa shape index (κ3) is 1.56. The summed E-state index contributed by atoms with van der Waals surface area (Å²) in [5, 5.41) is 2.57. The summed E-state index contributed by atoms with van der Waals surface area (Å²) in [5.74, 6) is -0.302. The highest BCUT2D eigenvalue weighted by atomic mass is 32.2. The molecule has 4 aliphatic rings. The molecule has 2 unspecified atom stereocenters. The zero-order valence-corrected chi connectivity index (χ0v) is 15.9. The van der Waals surface area contributed by atoms with Crippen molar-refractivity contribution in [2.75, 3.05) is 0 Å². The van der Waals surface area contributed by atoms with Gasteiger partial charge in [0.1, 0.15) is 0 Å². The molecule has 0 aromatic heterocycles. The Morgan fingerprint density at radius 3 is 1.48 bits per heavy atom. The second kappa shape index (κ2) is 4.37. The lowest BCUT2D eigenvalue weighted by atomic mass is 9.61. The number of imide groups is 1. The van der Waals surface area contributed by atoms with Gasteiger partial charge in [-0.25, -0.2) is 0 Å². The molecule has 122 valence electrons. The summed E-state index contributed by atoms with van der Waals surface area (Å²) < 4.78 is -0.230. The molecule has 0 fully saturated rings. The molecule has 0 bridgehead atoms. The lowest BCUT2D eigenvalue weighted by Crippen LogP contribution is -2.56. The van der Waals surface area contributed by atoms with Gasteiger partial charge >= 0.3 is 0 Å². The number of hydrogen-bond donors (Lipinski definition) is 1. The van der Waals surface area contributed by atoms with E-state index >= 15 is 0 Å². The fraction of sp³-hybridized carbons (Fsp3) is 0.556. The molecule has 0 saturated carbocycles. The van der Waals surface area contributed by atoms with Crippen LogP contribution in [0.5, 0.6) is 0 Å². The molecule has 0 radical (unpaired) electrons. The summed E-state index contributed by atoms with van der Waals surface area (Å²) in [6.07, 6.45) is 0. The van der Waals surface area contributed by atoms with E-state index in [1.54, 1.807) is 0 Å². The second-order valence-electron chi connectivity index (χ2n) is 7.37. The Morgan fingerprint density at radius 2 is 1.13 bits per heavy atom. The minimum atomic E-state index is -0.180. The maximum absolute atomic E-state index is 12.6. The number of carbonyl (C=O) groups excluding carboxylic acids is 2. The molecule has 4 atom stereocenters. The smallest absolute Gasteiger partial charge is 0.255 e. The first kappa shape index (κ1) is 15.6. The van der Waals surface area contributed by atoms with Crippen LogP contribution in [-0.2, 0) is 9.59 Å². The molecular formula is C18H21NO2S2. The van der Waals surface area contributed by atoms with E-state index in [4.69, 9.17) is 0 Å². The number of fused-ring (bicyclic) bond motifs is 5. The molecule has 4 rings (SSSR count). The molecule has 0 aromatic carbocycles. The number of rotatable bonds is 0. The molecule has 0 spiro atoms. The Hall–Kier alpha value is -0.940. The van der Waals surface area contributed by atoms with Crippen LogP contribution in [0, 0.1) is 11.8 Å².